The standard InChI is InChI=1S/C17H16BrNO2/c18-11-6-7-15-14(10-11)16(13-8-9-20-17(13)21-15)19-12-4-2-1-3-5-12/h1-7,10,13,16-17,19H,8-9H2/t13-,16-,17+/m1/s1. The van der Waals surface area contributed by atoms with E-state index in [1.807, 2.05) is 30.3 Å². The van der Waals surface area contributed by atoms with Gasteiger partial charge in [-0.2, -0.15) is 0 Å². The summed E-state index contributed by atoms with van der Waals surface area (Å²) in [5, 5.41) is 3.65. The van der Waals surface area contributed by atoms with Gasteiger partial charge in [0.05, 0.1) is 12.6 Å². The number of ether oxygens (including phenoxy) is 2. The molecule has 0 aliphatic carbocycles. The van der Waals surface area contributed by atoms with Crippen LogP contribution in [0.1, 0.15) is 18.0 Å². The van der Waals surface area contributed by atoms with E-state index in [1.54, 1.807) is 0 Å². The molecule has 0 bridgehead atoms. The minimum absolute atomic E-state index is 0.139. The largest absolute Gasteiger partial charge is 0.464 e. The van der Waals surface area contributed by atoms with Crippen molar-refractivity contribution in [2.24, 2.45) is 5.92 Å². The fraction of sp³-hybridized carbons (Fsp3) is 0.294. The molecule has 2 aliphatic rings. The second-order valence-corrected chi connectivity index (χ2v) is 6.40. The van der Waals surface area contributed by atoms with Gasteiger partial charge in [-0.15, -0.1) is 0 Å². The number of para-hydroxylation sites is 1. The van der Waals surface area contributed by atoms with Gasteiger partial charge in [0, 0.05) is 21.6 Å². The molecule has 108 valence electrons. The summed E-state index contributed by atoms with van der Waals surface area (Å²) < 4.78 is 12.8. The first kappa shape index (κ1) is 13.2. The average Bonchev–Trinajstić information content (AvgIpc) is 2.97. The lowest BCUT2D eigenvalue weighted by atomic mass is 9.88. The highest BCUT2D eigenvalue weighted by Gasteiger charge is 2.42. The Morgan fingerprint density at radius 3 is 2.81 bits per heavy atom. The van der Waals surface area contributed by atoms with Crippen molar-refractivity contribution in [2.45, 2.75) is 18.8 Å². The Morgan fingerprint density at radius 1 is 1.10 bits per heavy atom. The van der Waals surface area contributed by atoms with Crippen molar-refractivity contribution in [3.8, 4) is 5.75 Å². The lowest BCUT2D eigenvalue weighted by molar-refractivity contribution is -0.0748. The summed E-state index contributed by atoms with van der Waals surface area (Å²) in [6.45, 7) is 0.761. The van der Waals surface area contributed by atoms with Crippen LogP contribution in [0.25, 0.3) is 0 Å². The lowest BCUT2D eigenvalue weighted by Crippen LogP contribution is -2.36. The van der Waals surface area contributed by atoms with E-state index in [0.717, 1.165) is 28.9 Å². The second kappa shape index (κ2) is 5.35. The molecule has 21 heavy (non-hydrogen) atoms. The lowest BCUT2D eigenvalue weighted by Gasteiger charge is -2.36. The van der Waals surface area contributed by atoms with Gasteiger partial charge in [-0.25, -0.2) is 0 Å². The minimum atomic E-state index is -0.139. The van der Waals surface area contributed by atoms with Crippen LogP contribution in [0.2, 0.25) is 0 Å². The molecular weight excluding hydrogens is 330 g/mol. The summed E-state index contributed by atoms with van der Waals surface area (Å²) >= 11 is 3.56. The minimum Gasteiger partial charge on any atom is -0.464 e. The van der Waals surface area contributed by atoms with Crippen LogP contribution in [0.5, 0.6) is 5.75 Å². The first-order chi connectivity index (χ1) is 10.3. The van der Waals surface area contributed by atoms with Crippen molar-refractivity contribution >= 4 is 21.6 Å². The van der Waals surface area contributed by atoms with Crippen molar-refractivity contribution in [2.75, 3.05) is 11.9 Å². The van der Waals surface area contributed by atoms with Crippen molar-refractivity contribution in [3.05, 3.63) is 58.6 Å². The molecular formula is C17H16BrNO2. The summed E-state index contributed by atoms with van der Waals surface area (Å²) in [4.78, 5) is 0. The van der Waals surface area contributed by atoms with Gasteiger partial charge in [0.1, 0.15) is 5.75 Å². The summed E-state index contributed by atoms with van der Waals surface area (Å²) in [5.74, 6) is 1.25. The quantitative estimate of drug-likeness (QED) is 0.877. The van der Waals surface area contributed by atoms with E-state index >= 15 is 0 Å². The van der Waals surface area contributed by atoms with Crippen molar-refractivity contribution < 1.29 is 9.47 Å². The number of fused-ring (bicyclic) bond motifs is 2. The Morgan fingerprint density at radius 2 is 1.95 bits per heavy atom. The number of halogens is 1. The van der Waals surface area contributed by atoms with E-state index < -0.39 is 0 Å². The first-order valence-corrected chi connectivity index (χ1v) is 8.00. The van der Waals surface area contributed by atoms with Crippen LogP contribution in [0.15, 0.2) is 53.0 Å². The molecule has 2 aromatic carbocycles. The smallest absolute Gasteiger partial charge is 0.205 e. The van der Waals surface area contributed by atoms with Crippen molar-refractivity contribution in [1.82, 2.24) is 0 Å². The first-order valence-electron chi connectivity index (χ1n) is 7.20. The van der Waals surface area contributed by atoms with Crippen molar-refractivity contribution in [1.29, 1.82) is 0 Å². The Bertz CT molecular complexity index is 646. The highest BCUT2D eigenvalue weighted by Crippen LogP contribution is 2.45. The van der Waals surface area contributed by atoms with E-state index in [1.165, 1.54) is 5.56 Å². The molecule has 4 rings (SSSR count). The molecule has 3 atom stereocenters. The number of hydrogen-bond donors (Lipinski definition) is 1. The molecule has 2 heterocycles. The molecule has 2 aliphatic heterocycles. The van der Waals surface area contributed by atoms with E-state index in [4.69, 9.17) is 9.47 Å². The van der Waals surface area contributed by atoms with Crippen LogP contribution < -0.4 is 10.1 Å². The zero-order valence-corrected chi connectivity index (χ0v) is 13.0. The van der Waals surface area contributed by atoms with E-state index in [0.29, 0.717) is 5.92 Å². The molecule has 0 unspecified atom stereocenters. The van der Waals surface area contributed by atoms with Crippen LogP contribution in [0, 0.1) is 5.92 Å². The van der Waals surface area contributed by atoms with Crippen LogP contribution in [0.3, 0.4) is 0 Å². The second-order valence-electron chi connectivity index (χ2n) is 5.48. The molecule has 0 saturated carbocycles. The Balaban J connectivity index is 1.74. The van der Waals surface area contributed by atoms with Crippen LogP contribution in [0.4, 0.5) is 5.69 Å². The van der Waals surface area contributed by atoms with Gasteiger partial charge in [0.15, 0.2) is 0 Å². The number of nitrogens with one attached hydrogen (secondary N) is 1. The Labute approximate surface area is 132 Å². The normalized spacial score (nSPS) is 26.6. The van der Waals surface area contributed by atoms with E-state index in [-0.39, 0.29) is 12.3 Å². The zero-order valence-electron chi connectivity index (χ0n) is 11.5. The Kier molecular flexibility index (Phi) is 3.36. The van der Waals surface area contributed by atoms with Crippen LogP contribution in [-0.2, 0) is 4.74 Å². The predicted molar refractivity (Wildman–Crippen MR) is 85.4 cm³/mol. The van der Waals surface area contributed by atoms with Gasteiger partial charge < -0.3 is 14.8 Å². The van der Waals surface area contributed by atoms with E-state index in [2.05, 4.69) is 39.4 Å². The van der Waals surface area contributed by atoms with Gasteiger partial charge in [0.25, 0.3) is 0 Å². The third-order valence-corrected chi connectivity index (χ3v) is 4.65. The molecule has 3 nitrogen and oxygen atoms in total. The predicted octanol–water partition coefficient (Wildman–Crippen LogP) is 4.36. The van der Waals surface area contributed by atoms with Gasteiger partial charge in [-0.1, -0.05) is 34.1 Å². The highest BCUT2D eigenvalue weighted by atomic mass is 79.9. The maximum atomic E-state index is 6.00. The average molecular weight is 346 g/mol. The fourth-order valence-electron chi connectivity index (χ4n) is 3.15. The van der Waals surface area contributed by atoms with Gasteiger partial charge >= 0.3 is 0 Å². The summed E-state index contributed by atoms with van der Waals surface area (Å²) in [6, 6.07) is 16.7. The highest BCUT2D eigenvalue weighted by molar-refractivity contribution is 9.10. The molecule has 2 aromatic rings. The molecule has 0 amide bonds. The number of anilines is 1. The molecule has 0 spiro atoms. The maximum absolute atomic E-state index is 6.00. The van der Waals surface area contributed by atoms with Gasteiger partial charge in [0.2, 0.25) is 6.29 Å². The SMILES string of the molecule is Brc1ccc2c(c1)[C@H](Nc1ccccc1)[C@H]1CCO[C@H]1O2. The molecule has 1 fully saturated rings. The summed E-state index contributed by atoms with van der Waals surface area (Å²) in [5.41, 5.74) is 2.32. The van der Waals surface area contributed by atoms with Gasteiger partial charge in [-0.05, 0) is 36.8 Å². The summed E-state index contributed by atoms with van der Waals surface area (Å²) in [6.07, 6.45) is 0.876. The fourth-order valence-corrected chi connectivity index (χ4v) is 3.53. The Hall–Kier alpha value is -1.52. The van der Waals surface area contributed by atoms with Crippen LogP contribution >= 0.6 is 15.9 Å². The van der Waals surface area contributed by atoms with E-state index in [9.17, 15) is 0 Å². The summed E-state index contributed by atoms with van der Waals surface area (Å²) in [7, 11) is 0. The third kappa shape index (κ3) is 2.43. The topological polar surface area (TPSA) is 30.5 Å². The molecule has 0 aromatic heterocycles. The molecule has 0 radical (unpaired) electrons. The maximum Gasteiger partial charge on any atom is 0.205 e. The molecule has 1 saturated heterocycles. The van der Waals surface area contributed by atoms with Gasteiger partial charge in [-0.3, -0.25) is 0 Å². The van der Waals surface area contributed by atoms with Crippen LogP contribution in [-0.4, -0.2) is 12.9 Å². The molecule has 4 heteroatoms. The number of rotatable bonds is 2. The number of hydrogen-bond acceptors (Lipinski definition) is 3. The molecule has 1 N–H and O–H groups in total. The third-order valence-electron chi connectivity index (χ3n) is 4.16. The van der Waals surface area contributed by atoms with Crippen molar-refractivity contribution in [3.63, 3.8) is 0 Å². The monoisotopic (exact) mass is 345 g/mol. The number of benzene rings is 2. The zero-order chi connectivity index (χ0) is 14.2.